The maximum atomic E-state index is 14.4. The fourth-order valence-corrected chi connectivity index (χ4v) is 4.39. The lowest BCUT2D eigenvalue weighted by molar-refractivity contribution is -0.143. The first-order chi connectivity index (χ1) is 18.6. The number of unbranched alkanes of at least 4 members (excludes halogenated alkanes) is 2. The van der Waals surface area contributed by atoms with E-state index in [1.165, 1.54) is 4.90 Å². The Labute approximate surface area is 239 Å². The Morgan fingerprint density at radius 3 is 2.17 bits per heavy atom. The van der Waals surface area contributed by atoms with Crippen molar-refractivity contribution >= 4 is 17.9 Å². The van der Waals surface area contributed by atoms with Crippen molar-refractivity contribution in [3.63, 3.8) is 0 Å². The summed E-state index contributed by atoms with van der Waals surface area (Å²) in [4.78, 5) is 42.7. The third-order valence-electron chi connectivity index (χ3n) is 6.18. The summed E-state index contributed by atoms with van der Waals surface area (Å²) in [5, 5.41) is 16.8. The largest absolute Gasteiger partial charge is 0.507 e. The molecule has 0 fully saturated rings. The van der Waals surface area contributed by atoms with Gasteiger partial charge in [-0.05, 0) is 66.0 Å². The Kier molecular flexibility index (Phi) is 11.6. The van der Waals surface area contributed by atoms with Crippen molar-refractivity contribution in [3.8, 4) is 5.75 Å². The Balaban J connectivity index is 2.62. The number of benzene rings is 2. The number of para-hydroxylation sites is 1. The molecule has 2 atom stereocenters. The number of alkyl carbamates (subject to hydrolysis) is 1. The third kappa shape index (κ3) is 10.2. The van der Waals surface area contributed by atoms with Gasteiger partial charge >= 0.3 is 6.09 Å². The summed E-state index contributed by atoms with van der Waals surface area (Å²) in [6.45, 7) is 14.9. The standard InChI is InChI=1S/C32H47N3O5/c1-9-10-14-20-35(26(28(37)34-31(3,4)5)24-19-15-16-22(2)27(24)36)29(38)25(21-23-17-12-11-13-18-23)33-30(39)40-32(6,7)8/h11-13,15-19,25-26,36H,9-10,14,20-21H2,1-8H3,(H,33,39)(H,34,37). The number of hydrogen-bond acceptors (Lipinski definition) is 5. The van der Waals surface area contributed by atoms with E-state index < -0.39 is 41.1 Å². The average molecular weight is 554 g/mol. The number of carbonyl (C=O) groups is 3. The number of carbonyl (C=O) groups excluding carboxylic acids is 3. The van der Waals surface area contributed by atoms with E-state index in [1.54, 1.807) is 45.9 Å². The molecule has 0 saturated heterocycles. The summed E-state index contributed by atoms with van der Waals surface area (Å²) in [6.07, 6.45) is 1.90. The number of rotatable bonds is 11. The van der Waals surface area contributed by atoms with Crippen LogP contribution >= 0.6 is 0 Å². The van der Waals surface area contributed by atoms with E-state index in [-0.39, 0.29) is 18.7 Å². The van der Waals surface area contributed by atoms with Crippen molar-refractivity contribution < 1.29 is 24.2 Å². The molecule has 0 bridgehead atoms. The molecule has 0 aliphatic heterocycles. The first kappa shape index (κ1) is 32.7. The number of aromatic hydroxyl groups is 1. The van der Waals surface area contributed by atoms with E-state index >= 15 is 0 Å². The SMILES string of the molecule is CCCCCN(C(=O)C(Cc1ccccc1)NC(=O)OC(C)(C)C)C(C(=O)NC(C)(C)C)c1cccc(C)c1O. The number of phenols is 1. The Bertz CT molecular complexity index is 1140. The highest BCUT2D eigenvalue weighted by molar-refractivity contribution is 5.93. The second-order valence-electron chi connectivity index (χ2n) is 12.3. The lowest BCUT2D eigenvalue weighted by Gasteiger charge is -2.36. The molecule has 0 saturated carbocycles. The first-order valence-corrected chi connectivity index (χ1v) is 14.1. The van der Waals surface area contributed by atoms with Crippen molar-refractivity contribution in [2.45, 2.75) is 104 Å². The third-order valence-corrected chi connectivity index (χ3v) is 6.18. The molecule has 0 aromatic heterocycles. The van der Waals surface area contributed by atoms with Gasteiger partial charge in [0, 0.05) is 24.1 Å². The summed E-state index contributed by atoms with van der Waals surface area (Å²) < 4.78 is 5.49. The van der Waals surface area contributed by atoms with Crippen molar-refractivity contribution in [2.24, 2.45) is 0 Å². The Morgan fingerprint density at radius 2 is 1.60 bits per heavy atom. The highest BCUT2D eigenvalue weighted by Crippen LogP contribution is 2.33. The molecule has 2 unspecified atom stereocenters. The van der Waals surface area contributed by atoms with Gasteiger partial charge in [-0.3, -0.25) is 9.59 Å². The van der Waals surface area contributed by atoms with Gasteiger partial charge in [-0.2, -0.15) is 0 Å². The maximum absolute atomic E-state index is 14.4. The number of nitrogens with zero attached hydrogens (tertiary/aromatic N) is 1. The molecular formula is C32H47N3O5. The van der Waals surface area contributed by atoms with Crippen LogP contribution in [0.4, 0.5) is 4.79 Å². The highest BCUT2D eigenvalue weighted by atomic mass is 16.6. The van der Waals surface area contributed by atoms with Crippen LogP contribution in [0.3, 0.4) is 0 Å². The van der Waals surface area contributed by atoms with Crippen LogP contribution < -0.4 is 10.6 Å². The number of aryl methyl sites for hydroxylation is 1. The van der Waals surface area contributed by atoms with E-state index in [0.29, 0.717) is 17.5 Å². The second kappa shape index (κ2) is 14.2. The lowest BCUT2D eigenvalue weighted by Crippen LogP contribution is -2.55. The number of ether oxygens (including phenoxy) is 1. The van der Waals surface area contributed by atoms with Crippen LogP contribution in [-0.2, 0) is 20.7 Å². The van der Waals surface area contributed by atoms with Crippen molar-refractivity contribution in [1.29, 1.82) is 0 Å². The molecule has 3 N–H and O–H groups in total. The van der Waals surface area contributed by atoms with E-state index in [1.807, 2.05) is 51.1 Å². The van der Waals surface area contributed by atoms with Crippen LogP contribution in [0, 0.1) is 6.92 Å². The molecule has 8 heteroatoms. The molecule has 0 heterocycles. The van der Waals surface area contributed by atoms with Crippen molar-refractivity contribution in [1.82, 2.24) is 15.5 Å². The highest BCUT2D eigenvalue weighted by Gasteiger charge is 2.38. The number of hydrogen-bond donors (Lipinski definition) is 3. The fourth-order valence-electron chi connectivity index (χ4n) is 4.39. The number of nitrogens with one attached hydrogen (secondary N) is 2. The molecular weight excluding hydrogens is 506 g/mol. The Morgan fingerprint density at radius 1 is 0.950 bits per heavy atom. The van der Waals surface area contributed by atoms with Gasteiger partial charge in [0.05, 0.1) is 0 Å². The fraction of sp³-hybridized carbons (Fsp3) is 0.531. The van der Waals surface area contributed by atoms with Gasteiger partial charge in [0.25, 0.3) is 0 Å². The van der Waals surface area contributed by atoms with Gasteiger partial charge in [0.15, 0.2) is 0 Å². The van der Waals surface area contributed by atoms with Gasteiger partial charge in [0.2, 0.25) is 11.8 Å². The van der Waals surface area contributed by atoms with E-state index in [0.717, 1.165) is 18.4 Å². The second-order valence-corrected chi connectivity index (χ2v) is 12.3. The van der Waals surface area contributed by atoms with Crippen molar-refractivity contribution in [3.05, 3.63) is 65.2 Å². The summed E-state index contributed by atoms with van der Waals surface area (Å²) in [5.74, 6) is -0.876. The number of amides is 3. The zero-order valence-corrected chi connectivity index (χ0v) is 25.3. The summed E-state index contributed by atoms with van der Waals surface area (Å²) in [7, 11) is 0. The molecule has 0 spiro atoms. The minimum Gasteiger partial charge on any atom is -0.507 e. The maximum Gasteiger partial charge on any atom is 0.408 e. The molecule has 0 aliphatic carbocycles. The molecule has 8 nitrogen and oxygen atoms in total. The normalized spacial score (nSPS) is 13.2. The molecule has 2 rings (SSSR count). The summed E-state index contributed by atoms with van der Waals surface area (Å²) >= 11 is 0. The van der Waals surface area contributed by atoms with Gasteiger partial charge in [-0.15, -0.1) is 0 Å². The van der Waals surface area contributed by atoms with Crippen LogP contribution in [0.5, 0.6) is 5.75 Å². The molecule has 40 heavy (non-hydrogen) atoms. The van der Waals surface area contributed by atoms with Crippen molar-refractivity contribution in [2.75, 3.05) is 6.54 Å². The van der Waals surface area contributed by atoms with Gasteiger partial charge < -0.3 is 25.4 Å². The molecule has 220 valence electrons. The predicted octanol–water partition coefficient (Wildman–Crippen LogP) is 5.81. The van der Waals surface area contributed by atoms with E-state index in [4.69, 9.17) is 4.74 Å². The van der Waals surface area contributed by atoms with Crippen LogP contribution in [0.2, 0.25) is 0 Å². The molecule has 0 aliphatic rings. The van der Waals surface area contributed by atoms with Crippen LogP contribution in [0.1, 0.15) is 90.5 Å². The lowest BCUT2D eigenvalue weighted by atomic mass is 9.96. The van der Waals surface area contributed by atoms with Gasteiger partial charge in [-0.25, -0.2) is 4.79 Å². The molecule has 2 aromatic carbocycles. The zero-order valence-electron chi connectivity index (χ0n) is 25.3. The minimum atomic E-state index is -1.11. The topological polar surface area (TPSA) is 108 Å². The molecule has 3 amide bonds. The van der Waals surface area contributed by atoms with Crippen LogP contribution in [0.25, 0.3) is 0 Å². The quantitative estimate of drug-likeness (QED) is 0.304. The zero-order chi connectivity index (χ0) is 30.1. The summed E-state index contributed by atoms with van der Waals surface area (Å²) in [5.41, 5.74) is 0.445. The molecule has 2 aromatic rings. The van der Waals surface area contributed by atoms with E-state index in [9.17, 15) is 19.5 Å². The van der Waals surface area contributed by atoms with Gasteiger partial charge in [0.1, 0.15) is 23.4 Å². The van der Waals surface area contributed by atoms with Gasteiger partial charge in [-0.1, -0.05) is 68.3 Å². The first-order valence-electron chi connectivity index (χ1n) is 14.1. The Hall–Kier alpha value is -3.55. The predicted molar refractivity (Wildman–Crippen MR) is 158 cm³/mol. The average Bonchev–Trinajstić information content (AvgIpc) is 2.83. The van der Waals surface area contributed by atoms with E-state index in [2.05, 4.69) is 17.6 Å². The van der Waals surface area contributed by atoms with Crippen LogP contribution in [-0.4, -0.2) is 51.6 Å². The smallest absolute Gasteiger partial charge is 0.408 e. The minimum absolute atomic E-state index is 0.0374. The number of phenolic OH excluding ortho intramolecular Hbond substituents is 1. The summed E-state index contributed by atoms with van der Waals surface area (Å²) in [6, 6.07) is 12.5. The van der Waals surface area contributed by atoms with Crippen LogP contribution in [0.15, 0.2) is 48.5 Å². The molecule has 0 radical (unpaired) electrons. The monoisotopic (exact) mass is 553 g/mol.